The van der Waals surface area contributed by atoms with E-state index in [1.54, 1.807) is 12.1 Å². The smallest absolute Gasteiger partial charge is 0.254 e. The van der Waals surface area contributed by atoms with Crippen LogP contribution in [0.2, 0.25) is 0 Å². The molecular formula is C20H23N7O3S. The van der Waals surface area contributed by atoms with E-state index in [4.69, 9.17) is 11.5 Å². The van der Waals surface area contributed by atoms with Gasteiger partial charge < -0.3 is 22.1 Å². The van der Waals surface area contributed by atoms with Crippen molar-refractivity contribution >= 4 is 39.1 Å². The van der Waals surface area contributed by atoms with Gasteiger partial charge in [-0.25, -0.2) is 18.1 Å². The Morgan fingerprint density at radius 2 is 1.81 bits per heavy atom. The van der Waals surface area contributed by atoms with Crippen LogP contribution >= 0.6 is 0 Å². The van der Waals surface area contributed by atoms with Crippen LogP contribution in [0.5, 0.6) is 0 Å². The van der Waals surface area contributed by atoms with Crippen LogP contribution in [0.1, 0.15) is 15.9 Å². The van der Waals surface area contributed by atoms with Gasteiger partial charge in [-0.05, 0) is 48.9 Å². The number of hydrogen-bond donors (Lipinski definition) is 5. The summed E-state index contributed by atoms with van der Waals surface area (Å²) in [6.07, 6.45) is 1.32. The van der Waals surface area contributed by atoms with Gasteiger partial charge in [0.2, 0.25) is 16.0 Å². The highest BCUT2D eigenvalue weighted by Crippen LogP contribution is 2.22. The van der Waals surface area contributed by atoms with Crippen molar-refractivity contribution in [2.75, 3.05) is 23.7 Å². The fraction of sp³-hybridized carbons (Fsp3) is 0.150. The van der Waals surface area contributed by atoms with Gasteiger partial charge in [0.1, 0.15) is 11.4 Å². The Bertz CT molecular complexity index is 1180. The van der Waals surface area contributed by atoms with Gasteiger partial charge in [-0.3, -0.25) is 4.79 Å². The first-order chi connectivity index (χ1) is 14.8. The Morgan fingerprint density at radius 3 is 2.45 bits per heavy atom. The lowest BCUT2D eigenvalue weighted by Crippen LogP contribution is -2.29. The van der Waals surface area contributed by atoms with Gasteiger partial charge >= 0.3 is 0 Å². The molecule has 0 aliphatic rings. The van der Waals surface area contributed by atoms with Gasteiger partial charge in [0.15, 0.2) is 0 Å². The van der Waals surface area contributed by atoms with Crippen molar-refractivity contribution in [1.29, 1.82) is 0 Å². The number of nitrogens with zero attached hydrogens (tertiary/aromatic N) is 2. The number of primary amides is 1. The lowest BCUT2D eigenvalue weighted by atomic mass is 10.2. The maximum Gasteiger partial charge on any atom is 0.254 e. The fourth-order valence-corrected chi connectivity index (χ4v) is 3.75. The zero-order chi connectivity index (χ0) is 22.4. The number of sulfonamides is 1. The minimum absolute atomic E-state index is 0.110. The second-order valence-corrected chi connectivity index (χ2v) is 8.42. The van der Waals surface area contributed by atoms with E-state index in [1.807, 2.05) is 31.2 Å². The number of nitrogens with two attached hydrogens (primary N) is 2. The molecule has 0 atom stereocenters. The Morgan fingerprint density at radius 1 is 1.06 bits per heavy atom. The summed E-state index contributed by atoms with van der Waals surface area (Å²) in [5.74, 6) is -0.209. The number of aromatic nitrogens is 2. The van der Waals surface area contributed by atoms with E-state index in [0.29, 0.717) is 5.69 Å². The summed E-state index contributed by atoms with van der Waals surface area (Å²) in [4.78, 5) is 20.3. The molecule has 1 amide bonds. The molecule has 7 N–H and O–H groups in total. The summed E-state index contributed by atoms with van der Waals surface area (Å²) >= 11 is 0. The molecule has 0 unspecified atom stereocenters. The molecule has 0 radical (unpaired) electrons. The molecule has 0 aliphatic carbocycles. The number of aryl methyl sites for hydroxylation is 1. The molecule has 3 aromatic rings. The SMILES string of the molecule is Cc1cccc(Nc2nc(Nc3ccc(S(=O)(=O)NCCN)cc3)ncc2C(N)=O)c1. The molecule has 0 fully saturated rings. The molecule has 0 bridgehead atoms. The molecule has 3 rings (SSSR count). The summed E-state index contributed by atoms with van der Waals surface area (Å²) < 4.78 is 26.7. The number of rotatable bonds is 9. The summed E-state index contributed by atoms with van der Waals surface area (Å²) in [5, 5.41) is 6.06. The van der Waals surface area contributed by atoms with Crippen LogP contribution in [0, 0.1) is 6.92 Å². The first-order valence-corrected chi connectivity index (χ1v) is 10.8. The Balaban J connectivity index is 1.82. The molecule has 31 heavy (non-hydrogen) atoms. The quantitative estimate of drug-likeness (QED) is 0.334. The van der Waals surface area contributed by atoms with E-state index in [1.165, 1.54) is 18.3 Å². The topological polar surface area (TPSA) is 165 Å². The van der Waals surface area contributed by atoms with Crippen molar-refractivity contribution in [2.45, 2.75) is 11.8 Å². The number of anilines is 4. The second kappa shape index (κ2) is 9.51. The molecule has 1 heterocycles. The maximum absolute atomic E-state index is 12.1. The summed E-state index contributed by atoms with van der Waals surface area (Å²) in [5.41, 5.74) is 13.3. The van der Waals surface area contributed by atoms with E-state index in [9.17, 15) is 13.2 Å². The van der Waals surface area contributed by atoms with Crippen LogP contribution in [-0.2, 0) is 10.0 Å². The largest absolute Gasteiger partial charge is 0.365 e. The summed E-state index contributed by atoms with van der Waals surface area (Å²) in [6.45, 7) is 2.30. The first-order valence-electron chi connectivity index (χ1n) is 9.36. The van der Waals surface area contributed by atoms with Crippen LogP contribution in [0.3, 0.4) is 0 Å². The number of nitrogens with one attached hydrogen (secondary N) is 3. The maximum atomic E-state index is 12.1. The standard InChI is InChI=1S/C20H23N7O3S/c1-13-3-2-4-15(11-13)25-19-17(18(22)28)12-23-20(27-19)26-14-5-7-16(8-6-14)31(29,30)24-10-9-21/h2-8,11-12,24H,9-10,21H2,1H3,(H2,22,28)(H2,23,25,26,27). The molecule has 0 saturated heterocycles. The van der Waals surface area contributed by atoms with E-state index in [2.05, 4.69) is 25.3 Å². The highest BCUT2D eigenvalue weighted by Gasteiger charge is 2.15. The van der Waals surface area contributed by atoms with Crippen molar-refractivity contribution in [1.82, 2.24) is 14.7 Å². The number of carbonyl (C=O) groups excluding carboxylic acids is 1. The van der Waals surface area contributed by atoms with Gasteiger partial charge in [0, 0.05) is 30.7 Å². The summed E-state index contributed by atoms with van der Waals surface area (Å²) in [7, 11) is -3.62. The average Bonchev–Trinajstić information content (AvgIpc) is 2.73. The first kappa shape index (κ1) is 22.2. The number of hydrogen-bond acceptors (Lipinski definition) is 8. The minimum Gasteiger partial charge on any atom is -0.365 e. The molecule has 162 valence electrons. The third kappa shape index (κ3) is 5.75. The third-order valence-electron chi connectivity index (χ3n) is 4.19. The predicted molar refractivity (Wildman–Crippen MR) is 119 cm³/mol. The van der Waals surface area contributed by atoms with Crippen molar-refractivity contribution in [3.8, 4) is 0 Å². The lowest BCUT2D eigenvalue weighted by molar-refractivity contribution is 0.100. The lowest BCUT2D eigenvalue weighted by Gasteiger charge is -2.12. The average molecular weight is 442 g/mol. The molecule has 2 aromatic carbocycles. The molecule has 10 nitrogen and oxygen atoms in total. The number of amides is 1. The monoisotopic (exact) mass is 441 g/mol. The van der Waals surface area contributed by atoms with Crippen LogP contribution in [0.15, 0.2) is 59.6 Å². The molecule has 1 aromatic heterocycles. The van der Waals surface area contributed by atoms with Gasteiger partial charge in [-0.1, -0.05) is 12.1 Å². The van der Waals surface area contributed by atoms with E-state index >= 15 is 0 Å². The molecule has 11 heteroatoms. The molecular weight excluding hydrogens is 418 g/mol. The van der Waals surface area contributed by atoms with E-state index < -0.39 is 15.9 Å². The van der Waals surface area contributed by atoms with Gasteiger partial charge in [-0.2, -0.15) is 4.98 Å². The van der Waals surface area contributed by atoms with Gasteiger partial charge in [0.25, 0.3) is 5.91 Å². The van der Waals surface area contributed by atoms with Crippen LogP contribution in [-0.4, -0.2) is 37.4 Å². The second-order valence-electron chi connectivity index (χ2n) is 6.65. The van der Waals surface area contributed by atoms with Crippen molar-refractivity contribution in [3.63, 3.8) is 0 Å². The zero-order valence-electron chi connectivity index (χ0n) is 16.8. The predicted octanol–water partition coefficient (Wildman–Crippen LogP) is 1.61. The van der Waals surface area contributed by atoms with Crippen LogP contribution in [0.4, 0.5) is 23.1 Å². The number of carbonyl (C=O) groups is 1. The van der Waals surface area contributed by atoms with E-state index in [-0.39, 0.29) is 35.3 Å². The fourth-order valence-electron chi connectivity index (χ4n) is 2.70. The highest BCUT2D eigenvalue weighted by molar-refractivity contribution is 7.89. The third-order valence-corrected chi connectivity index (χ3v) is 5.67. The van der Waals surface area contributed by atoms with Crippen molar-refractivity contribution < 1.29 is 13.2 Å². The number of benzene rings is 2. The normalized spacial score (nSPS) is 11.2. The molecule has 0 aliphatic heterocycles. The zero-order valence-corrected chi connectivity index (χ0v) is 17.6. The van der Waals surface area contributed by atoms with Crippen molar-refractivity contribution in [3.05, 3.63) is 65.9 Å². The van der Waals surface area contributed by atoms with Crippen molar-refractivity contribution in [2.24, 2.45) is 11.5 Å². The van der Waals surface area contributed by atoms with Gasteiger partial charge in [-0.15, -0.1) is 0 Å². The van der Waals surface area contributed by atoms with E-state index in [0.717, 1.165) is 11.3 Å². The molecule has 0 spiro atoms. The Labute approximate surface area is 180 Å². The Hall–Kier alpha value is -3.54. The highest BCUT2D eigenvalue weighted by atomic mass is 32.2. The van der Waals surface area contributed by atoms with Crippen LogP contribution in [0.25, 0.3) is 0 Å². The molecule has 0 saturated carbocycles. The summed E-state index contributed by atoms with van der Waals surface area (Å²) in [6, 6.07) is 13.6. The van der Waals surface area contributed by atoms with Crippen LogP contribution < -0.4 is 26.8 Å². The van der Waals surface area contributed by atoms with Gasteiger partial charge in [0.05, 0.1) is 4.90 Å². The minimum atomic E-state index is -3.62. The Kier molecular flexibility index (Phi) is 6.80.